The molecule has 8 nitrogen and oxygen atoms in total. The minimum absolute atomic E-state index is 0.00223. The molecule has 0 amide bonds. The Hall–Kier alpha value is -1.93. The number of hydrogen-bond donors (Lipinski definition) is 2. The van der Waals surface area contributed by atoms with Crippen molar-refractivity contribution >= 4 is 17.3 Å². The third kappa shape index (κ3) is 3.79. The fraction of sp³-hybridized carbons (Fsp3) is 0.615. The smallest absolute Gasteiger partial charge is 0.276 e. The first-order valence-corrected chi connectivity index (χ1v) is 6.86. The van der Waals surface area contributed by atoms with Crippen molar-refractivity contribution in [1.82, 2.24) is 4.98 Å². The van der Waals surface area contributed by atoms with Crippen molar-refractivity contribution in [2.24, 2.45) is 0 Å². The van der Waals surface area contributed by atoms with Crippen LogP contribution in [0, 0.1) is 10.1 Å². The van der Waals surface area contributed by atoms with Crippen LogP contribution in [0.2, 0.25) is 0 Å². The SMILES string of the molecule is CCNc1cc([N+](=O)[O-])cc(NCC2(OC)CCOC2)n1. The van der Waals surface area contributed by atoms with Crippen molar-refractivity contribution in [2.45, 2.75) is 18.9 Å². The van der Waals surface area contributed by atoms with Crippen LogP contribution in [-0.2, 0) is 9.47 Å². The number of nitro groups is 1. The van der Waals surface area contributed by atoms with E-state index in [-0.39, 0.29) is 5.69 Å². The third-order valence-corrected chi connectivity index (χ3v) is 3.47. The highest BCUT2D eigenvalue weighted by Gasteiger charge is 2.34. The van der Waals surface area contributed by atoms with E-state index in [0.717, 1.165) is 6.42 Å². The highest BCUT2D eigenvalue weighted by Crippen LogP contribution is 2.25. The minimum atomic E-state index is -0.432. The minimum Gasteiger partial charge on any atom is -0.378 e. The second-order valence-electron chi connectivity index (χ2n) is 4.93. The summed E-state index contributed by atoms with van der Waals surface area (Å²) in [6.45, 7) is 4.20. The van der Waals surface area contributed by atoms with Crippen molar-refractivity contribution in [2.75, 3.05) is 44.0 Å². The van der Waals surface area contributed by atoms with Crippen LogP contribution in [0.25, 0.3) is 0 Å². The fourth-order valence-corrected chi connectivity index (χ4v) is 2.20. The Morgan fingerprint density at radius 1 is 1.48 bits per heavy atom. The summed E-state index contributed by atoms with van der Waals surface area (Å²) in [6.07, 6.45) is 0.783. The molecule has 0 bridgehead atoms. The Labute approximate surface area is 123 Å². The van der Waals surface area contributed by atoms with Gasteiger partial charge in [-0.1, -0.05) is 0 Å². The van der Waals surface area contributed by atoms with Crippen LogP contribution in [0.15, 0.2) is 12.1 Å². The van der Waals surface area contributed by atoms with Gasteiger partial charge in [-0.2, -0.15) is 0 Å². The molecule has 0 aliphatic carbocycles. The number of nitrogens with one attached hydrogen (secondary N) is 2. The third-order valence-electron chi connectivity index (χ3n) is 3.47. The van der Waals surface area contributed by atoms with Gasteiger partial charge in [0.05, 0.1) is 23.7 Å². The number of rotatable bonds is 7. The molecule has 0 radical (unpaired) electrons. The predicted molar refractivity (Wildman–Crippen MR) is 78.7 cm³/mol. The Morgan fingerprint density at radius 3 is 2.71 bits per heavy atom. The molecule has 1 aromatic heterocycles. The van der Waals surface area contributed by atoms with Gasteiger partial charge in [-0.05, 0) is 6.92 Å². The number of pyridine rings is 1. The van der Waals surface area contributed by atoms with Crippen molar-refractivity contribution in [3.05, 3.63) is 22.2 Å². The number of hydrogen-bond acceptors (Lipinski definition) is 7. The topological polar surface area (TPSA) is 98.6 Å². The normalized spacial score (nSPS) is 21.2. The number of anilines is 2. The van der Waals surface area contributed by atoms with Crippen molar-refractivity contribution in [3.8, 4) is 0 Å². The molecule has 0 saturated carbocycles. The Bertz CT molecular complexity index is 503. The lowest BCUT2D eigenvalue weighted by molar-refractivity contribution is -0.384. The summed E-state index contributed by atoms with van der Waals surface area (Å²) < 4.78 is 10.9. The van der Waals surface area contributed by atoms with Crippen LogP contribution in [0.5, 0.6) is 0 Å². The van der Waals surface area contributed by atoms with E-state index in [9.17, 15) is 10.1 Å². The van der Waals surface area contributed by atoms with E-state index < -0.39 is 10.5 Å². The molecule has 1 aliphatic rings. The zero-order chi connectivity index (χ0) is 15.3. The van der Waals surface area contributed by atoms with Crippen molar-refractivity contribution in [3.63, 3.8) is 0 Å². The van der Waals surface area contributed by atoms with E-state index in [0.29, 0.717) is 37.9 Å². The standard InChI is InChI=1S/C13H20N4O4/c1-3-14-11-6-10(17(18)19)7-12(16-11)15-8-13(20-2)4-5-21-9-13/h6-7H,3-5,8-9H2,1-2H3,(H2,14,15,16). The van der Waals surface area contributed by atoms with Crippen LogP contribution < -0.4 is 10.6 Å². The fourth-order valence-electron chi connectivity index (χ4n) is 2.20. The maximum Gasteiger partial charge on any atom is 0.276 e. The molecule has 2 heterocycles. The summed E-state index contributed by atoms with van der Waals surface area (Å²) in [5.41, 5.74) is -0.400. The van der Waals surface area contributed by atoms with Gasteiger partial charge in [0.25, 0.3) is 5.69 Å². The summed E-state index contributed by atoms with van der Waals surface area (Å²) in [6, 6.07) is 2.83. The highest BCUT2D eigenvalue weighted by molar-refractivity contribution is 5.54. The molecule has 0 spiro atoms. The molecule has 116 valence electrons. The van der Waals surface area contributed by atoms with Gasteiger partial charge in [0, 0.05) is 33.2 Å². The van der Waals surface area contributed by atoms with E-state index in [1.165, 1.54) is 12.1 Å². The number of nitrogens with zero attached hydrogens (tertiary/aromatic N) is 2. The van der Waals surface area contributed by atoms with Crippen LogP contribution in [0.4, 0.5) is 17.3 Å². The van der Waals surface area contributed by atoms with Gasteiger partial charge < -0.3 is 20.1 Å². The van der Waals surface area contributed by atoms with E-state index in [2.05, 4.69) is 15.6 Å². The molecule has 1 fully saturated rings. The zero-order valence-electron chi connectivity index (χ0n) is 12.2. The Balaban J connectivity index is 2.12. The van der Waals surface area contributed by atoms with Gasteiger partial charge in [-0.15, -0.1) is 0 Å². The molecule has 8 heteroatoms. The summed E-state index contributed by atoms with van der Waals surface area (Å²) in [5.74, 6) is 0.923. The van der Waals surface area contributed by atoms with Crippen molar-refractivity contribution < 1.29 is 14.4 Å². The highest BCUT2D eigenvalue weighted by atomic mass is 16.6. The molecule has 1 aliphatic heterocycles. The molecule has 1 aromatic rings. The molecule has 0 aromatic carbocycles. The van der Waals surface area contributed by atoms with Crippen LogP contribution in [0.3, 0.4) is 0 Å². The van der Waals surface area contributed by atoms with Crippen molar-refractivity contribution in [1.29, 1.82) is 0 Å². The monoisotopic (exact) mass is 296 g/mol. The van der Waals surface area contributed by atoms with E-state index >= 15 is 0 Å². The lowest BCUT2D eigenvalue weighted by atomic mass is 10.0. The zero-order valence-corrected chi connectivity index (χ0v) is 12.2. The van der Waals surface area contributed by atoms with Gasteiger partial charge in [-0.3, -0.25) is 10.1 Å². The van der Waals surface area contributed by atoms with Gasteiger partial charge in [0.1, 0.15) is 17.2 Å². The summed E-state index contributed by atoms with van der Waals surface area (Å²) in [4.78, 5) is 14.8. The van der Waals surface area contributed by atoms with Gasteiger partial charge in [0.2, 0.25) is 0 Å². The quantitative estimate of drug-likeness (QED) is 0.583. The number of methoxy groups -OCH3 is 1. The molecule has 1 atom stereocenters. The van der Waals surface area contributed by atoms with E-state index in [1.54, 1.807) is 7.11 Å². The average Bonchev–Trinajstić information content (AvgIpc) is 2.95. The van der Waals surface area contributed by atoms with Gasteiger partial charge >= 0.3 is 0 Å². The summed E-state index contributed by atoms with van der Waals surface area (Å²) in [5, 5.41) is 17.1. The molecular weight excluding hydrogens is 276 g/mol. The largest absolute Gasteiger partial charge is 0.378 e. The molecule has 2 N–H and O–H groups in total. The summed E-state index contributed by atoms with van der Waals surface area (Å²) in [7, 11) is 1.64. The number of aromatic nitrogens is 1. The lowest BCUT2D eigenvalue weighted by Gasteiger charge is -2.26. The van der Waals surface area contributed by atoms with Crippen LogP contribution in [0.1, 0.15) is 13.3 Å². The molecule has 2 rings (SSSR count). The van der Waals surface area contributed by atoms with Crippen LogP contribution >= 0.6 is 0 Å². The van der Waals surface area contributed by atoms with Crippen LogP contribution in [-0.4, -0.2) is 48.9 Å². The van der Waals surface area contributed by atoms with Gasteiger partial charge in [-0.25, -0.2) is 4.98 Å². The lowest BCUT2D eigenvalue weighted by Crippen LogP contribution is -2.39. The Kier molecular flexibility index (Phi) is 4.92. The van der Waals surface area contributed by atoms with E-state index in [4.69, 9.17) is 9.47 Å². The van der Waals surface area contributed by atoms with E-state index in [1.807, 2.05) is 6.92 Å². The molecule has 21 heavy (non-hydrogen) atoms. The average molecular weight is 296 g/mol. The first-order chi connectivity index (χ1) is 10.1. The molecule has 1 unspecified atom stereocenters. The maximum atomic E-state index is 11.0. The molecule has 1 saturated heterocycles. The Morgan fingerprint density at radius 2 is 2.19 bits per heavy atom. The maximum absolute atomic E-state index is 11.0. The predicted octanol–water partition coefficient (Wildman–Crippen LogP) is 1.64. The molecular formula is C13H20N4O4. The second kappa shape index (κ2) is 6.68. The summed E-state index contributed by atoms with van der Waals surface area (Å²) >= 11 is 0. The second-order valence-corrected chi connectivity index (χ2v) is 4.93. The van der Waals surface area contributed by atoms with Gasteiger partial charge in [0.15, 0.2) is 0 Å². The first kappa shape index (κ1) is 15.5. The number of ether oxygens (including phenoxy) is 2. The first-order valence-electron chi connectivity index (χ1n) is 6.86.